The van der Waals surface area contributed by atoms with Crippen LogP contribution in [0.15, 0.2) is 34.3 Å². The van der Waals surface area contributed by atoms with Crippen LogP contribution in [0, 0.1) is 20.8 Å². The first-order valence-electron chi connectivity index (χ1n) is 5.87. The van der Waals surface area contributed by atoms with Gasteiger partial charge in [0.25, 0.3) is 0 Å². The smallest absolute Gasteiger partial charge is 0.103 e. The Morgan fingerprint density at radius 3 is 2.17 bits per heavy atom. The summed E-state index contributed by atoms with van der Waals surface area (Å²) in [5.74, 6) is 0. The van der Waals surface area contributed by atoms with Crippen molar-refractivity contribution in [2.75, 3.05) is 0 Å². The van der Waals surface area contributed by atoms with Crippen LogP contribution in [0.4, 0.5) is 0 Å². The van der Waals surface area contributed by atoms with Crippen molar-refractivity contribution in [2.45, 2.75) is 37.4 Å². The summed E-state index contributed by atoms with van der Waals surface area (Å²) >= 11 is 1.58. The van der Waals surface area contributed by atoms with Gasteiger partial charge in [-0.2, -0.15) is 0 Å². The lowest BCUT2D eigenvalue weighted by Gasteiger charge is -2.06. The number of hydrogen-bond donors (Lipinski definition) is 1. The van der Waals surface area contributed by atoms with Crippen molar-refractivity contribution in [3.63, 3.8) is 0 Å². The molecule has 0 bridgehead atoms. The van der Waals surface area contributed by atoms with Crippen molar-refractivity contribution >= 4 is 11.8 Å². The normalized spacial score (nSPS) is 10.7. The number of nitrogens with zero attached hydrogens (tertiary/aromatic N) is 2. The molecule has 0 aliphatic rings. The summed E-state index contributed by atoms with van der Waals surface area (Å²) in [7, 11) is 0. The van der Waals surface area contributed by atoms with Crippen LogP contribution in [-0.2, 0) is 6.54 Å². The summed E-state index contributed by atoms with van der Waals surface area (Å²) in [6.45, 7) is 6.61. The third-order valence-corrected chi connectivity index (χ3v) is 3.35. The standard InChI is InChI=1S/C14H17N3S/c1-9-4-10(2)16-13(5-9)18-14-7-12(8-15)6-11(3)17-14/h4-7H,8,15H2,1-3H3. The number of aromatic nitrogens is 2. The van der Waals surface area contributed by atoms with E-state index in [9.17, 15) is 0 Å². The number of aryl methyl sites for hydroxylation is 3. The van der Waals surface area contributed by atoms with Gasteiger partial charge in [0.15, 0.2) is 0 Å². The fraction of sp³-hybridized carbons (Fsp3) is 0.286. The van der Waals surface area contributed by atoms with Crippen molar-refractivity contribution in [2.24, 2.45) is 5.73 Å². The maximum absolute atomic E-state index is 5.68. The van der Waals surface area contributed by atoms with E-state index in [4.69, 9.17) is 5.73 Å². The highest BCUT2D eigenvalue weighted by molar-refractivity contribution is 7.99. The molecule has 0 saturated carbocycles. The van der Waals surface area contributed by atoms with Crippen LogP contribution in [0.3, 0.4) is 0 Å². The van der Waals surface area contributed by atoms with E-state index in [2.05, 4.69) is 29.0 Å². The summed E-state index contributed by atoms with van der Waals surface area (Å²) in [5, 5.41) is 1.93. The topological polar surface area (TPSA) is 51.8 Å². The summed E-state index contributed by atoms with van der Waals surface area (Å²) < 4.78 is 0. The molecule has 0 atom stereocenters. The van der Waals surface area contributed by atoms with Crippen LogP contribution in [0.1, 0.15) is 22.5 Å². The first kappa shape index (κ1) is 13.1. The molecule has 0 saturated heterocycles. The zero-order chi connectivity index (χ0) is 13.1. The van der Waals surface area contributed by atoms with Crippen LogP contribution in [-0.4, -0.2) is 9.97 Å². The molecular formula is C14H17N3S. The Balaban J connectivity index is 2.30. The highest BCUT2D eigenvalue weighted by Gasteiger charge is 2.04. The molecule has 94 valence electrons. The number of rotatable bonds is 3. The van der Waals surface area contributed by atoms with Gasteiger partial charge in [-0.15, -0.1) is 0 Å². The molecule has 0 aliphatic heterocycles. The lowest BCUT2D eigenvalue weighted by Crippen LogP contribution is -1.98. The van der Waals surface area contributed by atoms with Gasteiger partial charge in [0.05, 0.1) is 0 Å². The van der Waals surface area contributed by atoms with Gasteiger partial charge in [0.1, 0.15) is 10.1 Å². The van der Waals surface area contributed by atoms with Crippen molar-refractivity contribution < 1.29 is 0 Å². The zero-order valence-corrected chi connectivity index (χ0v) is 11.7. The van der Waals surface area contributed by atoms with Crippen LogP contribution < -0.4 is 5.73 Å². The Hall–Kier alpha value is -1.39. The SMILES string of the molecule is Cc1cc(C)nc(Sc2cc(CN)cc(C)n2)c1. The molecule has 3 nitrogen and oxygen atoms in total. The minimum Gasteiger partial charge on any atom is -0.326 e. The quantitative estimate of drug-likeness (QED) is 0.920. The van der Waals surface area contributed by atoms with E-state index in [0.717, 1.165) is 27.0 Å². The average Bonchev–Trinajstić information content (AvgIpc) is 2.26. The molecule has 4 heteroatoms. The van der Waals surface area contributed by atoms with Crippen LogP contribution >= 0.6 is 11.8 Å². The lowest BCUT2D eigenvalue weighted by atomic mass is 10.2. The van der Waals surface area contributed by atoms with Gasteiger partial charge in [0.2, 0.25) is 0 Å². The minimum atomic E-state index is 0.539. The van der Waals surface area contributed by atoms with Crippen LogP contribution in [0.5, 0.6) is 0 Å². The van der Waals surface area contributed by atoms with Crippen LogP contribution in [0.2, 0.25) is 0 Å². The first-order chi connectivity index (χ1) is 8.56. The maximum atomic E-state index is 5.68. The number of nitrogens with two attached hydrogens (primary N) is 1. The third-order valence-electron chi connectivity index (χ3n) is 2.51. The molecule has 2 aromatic heterocycles. The van der Waals surface area contributed by atoms with E-state index in [1.54, 1.807) is 11.8 Å². The summed E-state index contributed by atoms with van der Waals surface area (Å²) in [6.07, 6.45) is 0. The van der Waals surface area contributed by atoms with Crippen LogP contribution in [0.25, 0.3) is 0 Å². The highest BCUT2D eigenvalue weighted by Crippen LogP contribution is 2.26. The Bertz CT molecular complexity index is 547. The van der Waals surface area contributed by atoms with Gasteiger partial charge < -0.3 is 5.73 Å². The zero-order valence-electron chi connectivity index (χ0n) is 10.9. The molecule has 2 heterocycles. The Morgan fingerprint density at radius 1 is 0.944 bits per heavy atom. The average molecular weight is 259 g/mol. The fourth-order valence-electron chi connectivity index (χ4n) is 1.84. The third kappa shape index (κ3) is 3.31. The second-order valence-corrected chi connectivity index (χ2v) is 5.43. The molecule has 0 aromatic carbocycles. The largest absolute Gasteiger partial charge is 0.326 e. The number of hydrogen-bond acceptors (Lipinski definition) is 4. The van der Waals surface area contributed by atoms with Gasteiger partial charge in [-0.25, -0.2) is 9.97 Å². The summed E-state index contributed by atoms with van der Waals surface area (Å²) in [6, 6.07) is 8.18. The van der Waals surface area contributed by atoms with Gasteiger partial charge >= 0.3 is 0 Å². The molecule has 2 rings (SSSR count). The second-order valence-electron chi connectivity index (χ2n) is 4.39. The van der Waals surface area contributed by atoms with Gasteiger partial charge in [-0.3, -0.25) is 0 Å². The highest BCUT2D eigenvalue weighted by atomic mass is 32.2. The summed E-state index contributed by atoms with van der Waals surface area (Å²) in [5.41, 5.74) is 10.0. The van der Waals surface area contributed by atoms with Crippen molar-refractivity contribution in [3.8, 4) is 0 Å². The van der Waals surface area contributed by atoms with Crippen molar-refractivity contribution in [3.05, 3.63) is 46.8 Å². The molecule has 0 spiro atoms. The monoisotopic (exact) mass is 259 g/mol. The Morgan fingerprint density at radius 2 is 1.56 bits per heavy atom. The van der Waals surface area contributed by atoms with Gasteiger partial charge in [-0.1, -0.05) is 11.8 Å². The van der Waals surface area contributed by atoms with Gasteiger partial charge in [-0.05, 0) is 56.2 Å². The Labute approximate surface area is 112 Å². The van der Waals surface area contributed by atoms with Crippen molar-refractivity contribution in [1.82, 2.24) is 9.97 Å². The maximum Gasteiger partial charge on any atom is 0.103 e. The molecule has 0 unspecified atom stereocenters. The van der Waals surface area contributed by atoms with Crippen molar-refractivity contribution in [1.29, 1.82) is 0 Å². The number of pyridine rings is 2. The molecule has 2 aromatic rings. The molecule has 2 N–H and O–H groups in total. The lowest BCUT2D eigenvalue weighted by molar-refractivity contribution is 0.979. The Kier molecular flexibility index (Phi) is 3.99. The summed E-state index contributed by atoms with van der Waals surface area (Å²) in [4.78, 5) is 9.01. The molecule has 0 radical (unpaired) electrons. The van der Waals surface area contributed by atoms with E-state index in [1.165, 1.54) is 5.56 Å². The molecule has 0 fully saturated rings. The van der Waals surface area contributed by atoms with E-state index >= 15 is 0 Å². The molecular weight excluding hydrogens is 242 g/mol. The molecule has 0 aliphatic carbocycles. The van der Waals surface area contributed by atoms with E-state index in [-0.39, 0.29) is 0 Å². The minimum absolute atomic E-state index is 0.539. The fourth-order valence-corrected chi connectivity index (χ4v) is 2.89. The predicted molar refractivity (Wildman–Crippen MR) is 74.7 cm³/mol. The second kappa shape index (κ2) is 5.50. The van der Waals surface area contributed by atoms with E-state index in [0.29, 0.717) is 6.54 Å². The van der Waals surface area contributed by atoms with E-state index in [1.807, 2.05) is 26.0 Å². The van der Waals surface area contributed by atoms with E-state index < -0.39 is 0 Å². The predicted octanol–water partition coefficient (Wildman–Crippen LogP) is 3.01. The molecule has 18 heavy (non-hydrogen) atoms. The molecule has 0 amide bonds. The first-order valence-corrected chi connectivity index (χ1v) is 6.69. The van der Waals surface area contributed by atoms with Gasteiger partial charge in [0, 0.05) is 17.9 Å².